The molecule has 0 bridgehead atoms. The summed E-state index contributed by atoms with van der Waals surface area (Å²) in [5, 5.41) is 4.06. The highest BCUT2D eigenvalue weighted by Crippen LogP contribution is 2.37. The summed E-state index contributed by atoms with van der Waals surface area (Å²) in [4.78, 5) is 0. The Kier molecular flexibility index (Phi) is 6.80. The highest BCUT2D eigenvalue weighted by molar-refractivity contribution is 6.32. The van der Waals surface area contributed by atoms with Gasteiger partial charge in [0.25, 0.3) is 0 Å². The SMILES string of the molecule is CCCOc1c(Cl)cc(CNc2cc(C)ccc2C)cc1OCC. The summed E-state index contributed by atoms with van der Waals surface area (Å²) in [6.45, 7) is 10.1. The van der Waals surface area contributed by atoms with Crippen LogP contribution in [-0.4, -0.2) is 13.2 Å². The normalized spacial score (nSPS) is 10.5. The van der Waals surface area contributed by atoms with Crippen molar-refractivity contribution in [2.75, 3.05) is 18.5 Å². The van der Waals surface area contributed by atoms with Gasteiger partial charge in [-0.1, -0.05) is 30.7 Å². The Bertz CT molecular complexity index is 686. The number of nitrogens with one attached hydrogen (secondary N) is 1. The lowest BCUT2D eigenvalue weighted by molar-refractivity contribution is 0.277. The minimum atomic E-state index is 0.576. The maximum Gasteiger partial charge on any atom is 0.179 e. The minimum absolute atomic E-state index is 0.576. The van der Waals surface area contributed by atoms with E-state index in [2.05, 4.69) is 44.3 Å². The Morgan fingerprint density at radius 2 is 1.83 bits per heavy atom. The molecular weight excluding hydrogens is 322 g/mol. The summed E-state index contributed by atoms with van der Waals surface area (Å²) in [5.74, 6) is 1.34. The van der Waals surface area contributed by atoms with Crippen molar-refractivity contribution in [2.24, 2.45) is 0 Å². The molecule has 0 atom stereocenters. The quantitative estimate of drug-likeness (QED) is 0.658. The molecule has 1 N–H and O–H groups in total. The highest BCUT2D eigenvalue weighted by Gasteiger charge is 2.12. The molecular formula is C20H26ClNO2. The molecule has 0 saturated carbocycles. The van der Waals surface area contributed by atoms with Gasteiger partial charge in [-0.3, -0.25) is 0 Å². The zero-order valence-electron chi connectivity index (χ0n) is 14.9. The van der Waals surface area contributed by atoms with Crippen LogP contribution in [0.1, 0.15) is 37.0 Å². The smallest absolute Gasteiger partial charge is 0.179 e. The molecule has 0 aliphatic carbocycles. The maximum atomic E-state index is 6.41. The van der Waals surface area contributed by atoms with E-state index >= 15 is 0 Å². The first-order chi connectivity index (χ1) is 11.5. The summed E-state index contributed by atoms with van der Waals surface area (Å²) < 4.78 is 11.5. The van der Waals surface area contributed by atoms with Gasteiger partial charge in [-0.05, 0) is 62.1 Å². The van der Waals surface area contributed by atoms with Gasteiger partial charge in [0, 0.05) is 12.2 Å². The molecule has 2 aromatic rings. The van der Waals surface area contributed by atoms with E-state index in [1.807, 2.05) is 19.1 Å². The highest BCUT2D eigenvalue weighted by atomic mass is 35.5. The van der Waals surface area contributed by atoms with E-state index in [1.165, 1.54) is 11.1 Å². The molecule has 0 amide bonds. The molecule has 0 aromatic heterocycles. The molecule has 3 nitrogen and oxygen atoms in total. The summed E-state index contributed by atoms with van der Waals surface area (Å²) in [6.07, 6.45) is 0.928. The van der Waals surface area contributed by atoms with Gasteiger partial charge in [0.15, 0.2) is 11.5 Å². The van der Waals surface area contributed by atoms with Crippen molar-refractivity contribution in [1.82, 2.24) is 0 Å². The number of benzene rings is 2. The van der Waals surface area contributed by atoms with Gasteiger partial charge in [-0.15, -0.1) is 0 Å². The molecule has 0 unspecified atom stereocenters. The van der Waals surface area contributed by atoms with Gasteiger partial charge in [0.1, 0.15) is 0 Å². The average Bonchev–Trinajstić information content (AvgIpc) is 2.55. The fraction of sp³-hybridized carbons (Fsp3) is 0.400. The number of rotatable bonds is 8. The molecule has 130 valence electrons. The molecule has 0 heterocycles. The van der Waals surface area contributed by atoms with Gasteiger partial charge in [0.05, 0.1) is 18.2 Å². The van der Waals surface area contributed by atoms with Crippen LogP contribution in [0.3, 0.4) is 0 Å². The Balaban J connectivity index is 2.19. The molecule has 0 saturated heterocycles. The van der Waals surface area contributed by atoms with Crippen molar-refractivity contribution in [1.29, 1.82) is 0 Å². The monoisotopic (exact) mass is 347 g/mol. The van der Waals surface area contributed by atoms with Crippen molar-refractivity contribution in [3.63, 3.8) is 0 Å². The first-order valence-corrected chi connectivity index (χ1v) is 8.82. The van der Waals surface area contributed by atoms with E-state index in [0.29, 0.717) is 36.3 Å². The van der Waals surface area contributed by atoms with Gasteiger partial charge in [-0.2, -0.15) is 0 Å². The Morgan fingerprint density at radius 3 is 2.54 bits per heavy atom. The number of halogens is 1. The van der Waals surface area contributed by atoms with E-state index in [-0.39, 0.29) is 0 Å². The van der Waals surface area contributed by atoms with Crippen LogP contribution in [0.25, 0.3) is 0 Å². The predicted molar refractivity (Wildman–Crippen MR) is 102 cm³/mol. The van der Waals surface area contributed by atoms with Crippen molar-refractivity contribution >= 4 is 17.3 Å². The number of ether oxygens (including phenoxy) is 2. The van der Waals surface area contributed by atoms with Gasteiger partial charge in [-0.25, -0.2) is 0 Å². The topological polar surface area (TPSA) is 30.5 Å². The van der Waals surface area contributed by atoms with Crippen LogP contribution in [0.5, 0.6) is 11.5 Å². The molecule has 24 heavy (non-hydrogen) atoms. The fourth-order valence-corrected chi connectivity index (χ4v) is 2.74. The third-order valence-corrected chi connectivity index (χ3v) is 3.98. The summed E-state index contributed by atoms with van der Waals surface area (Å²) in [5.41, 5.74) is 4.66. The summed E-state index contributed by atoms with van der Waals surface area (Å²) in [7, 11) is 0. The number of aryl methyl sites for hydroxylation is 2. The largest absolute Gasteiger partial charge is 0.490 e. The molecule has 0 radical (unpaired) electrons. The van der Waals surface area contributed by atoms with Crippen molar-refractivity contribution in [3.05, 3.63) is 52.0 Å². The Hall–Kier alpha value is -1.87. The summed E-state index contributed by atoms with van der Waals surface area (Å²) in [6, 6.07) is 10.3. The van der Waals surface area contributed by atoms with Crippen molar-refractivity contribution in [3.8, 4) is 11.5 Å². The molecule has 2 aromatic carbocycles. The van der Waals surface area contributed by atoms with Crippen molar-refractivity contribution in [2.45, 2.75) is 40.7 Å². The van der Waals surface area contributed by atoms with E-state index in [9.17, 15) is 0 Å². The molecule has 0 aliphatic heterocycles. The first-order valence-electron chi connectivity index (χ1n) is 8.44. The number of anilines is 1. The standard InChI is InChI=1S/C20H26ClNO2/c1-5-9-24-20-17(21)11-16(12-19(20)23-6-2)13-22-18-10-14(3)7-8-15(18)4/h7-8,10-12,22H,5-6,9,13H2,1-4H3. The predicted octanol–water partition coefficient (Wildman–Crippen LogP) is 5.76. The molecule has 2 rings (SSSR count). The van der Waals surface area contributed by atoms with Crippen LogP contribution in [0.4, 0.5) is 5.69 Å². The number of hydrogen-bond acceptors (Lipinski definition) is 3. The zero-order chi connectivity index (χ0) is 17.5. The van der Waals surface area contributed by atoms with Crippen LogP contribution in [0.15, 0.2) is 30.3 Å². The van der Waals surface area contributed by atoms with Crippen LogP contribution in [0, 0.1) is 13.8 Å². The average molecular weight is 348 g/mol. The maximum absolute atomic E-state index is 6.41. The molecule has 4 heteroatoms. The lowest BCUT2D eigenvalue weighted by Crippen LogP contribution is -2.05. The van der Waals surface area contributed by atoms with E-state index in [0.717, 1.165) is 17.7 Å². The van der Waals surface area contributed by atoms with Crippen LogP contribution < -0.4 is 14.8 Å². The molecule has 0 aliphatic rings. The molecule has 0 spiro atoms. The lowest BCUT2D eigenvalue weighted by Gasteiger charge is -2.16. The first kappa shape index (κ1) is 18.5. The van der Waals surface area contributed by atoms with E-state index in [4.69, 9.17) is 21.1 Å². The van der Waals surface area contributed by atoms with Crippen LogP contribution >= 0.6 is 11.6 Å². The fourth-order valence-electron chi connectivity index (χ4n) is 2.45. The zero-order valence-corrected chi connectivity index (χ0v) is 15.7. The van der Waals surface area contributed by atoms with Crippen molar-refractivity contribution < 1.29 is 9.47 Å². The second-order valence-corrected chi connectivity index (χ2v) is 6.27. The number of hydrogen-bond donors (Lipinski definition) is 1. The third-order valence-electron chi connectivity index (χ3n) is 3.70. The summed E-state index contributed by atoms with van der Waals surface area (Å²) >= 11 is 6.41. The third kappa shape index (κ3) is 4.81. The Morgan fingerprint density at radius 1 is 1.04 bits per heavy atom. The van der Waals surface area contributed by atoms with Crippen LogP contribution in [-0.2, 0) is 6.54 Å². The van der Waals surface area contributed by atoms with E-state index < -0.39 is 0 Å². The van der Waals surface area contributed by atoms with Gasteiger partial charge < -0.3 is 14.8 Å². The second kappa shape index (κ2) is 8.84. The lowest BCUT2D eigenvalue weighted by atomic mass is 10.1. The van der Waals surface area contributed by atoms with Gasteiger partial charge >= 0.3 is 0 Å². The Labute approximate surface area is 149 Å². The minimum Gasteiger partial charge on any atom is -0.490 e. The van der Waals surface area contributed by atoms with Crippen LogP contribution in [0.2, 0.25) is 5.02 Å². The van der Waals surface area contributed by atoms with E-state index in [1.54, 1.807) is 0 Å². The van der Waals surface area contributed by atoms with Gasteiger partial charge in [0.2, 0.25) is 0 Å². The molecule has 0 fully saturated rings. The second-order valence-electron chi connectivity index (χ2n) is 5.86.